The standard InChI is InChI=1S/C16H23F3N2/c1-3-12-7-8-21(11-12)15-6-5-13(10-20-4-2)9-14(15)16(17,18)19/h5-6,9,12,20H,3-4,7-8,10-11H2,1-2H3. The summed E-state index contributed by atoms with van der Waals surface area (Å²) < 4.78 is 40.0. The van der Waals surface area contributed by atoms with Crippen molar-refractivity contribution < 1.29 is 13.2 Å². The zero-order chi connectivity index (χ0) is 15.5. The fourth-order valence-corrected chi connectivity index (χ4v) is 2.85. The minimum Gasteiger partial charge on any atom is -0.371 e. The molecule has 1 unspecified atom stereocenters. The molecule has 1 N–H and O–H groups in total. The second-order valence-electron chi connectivity index (χ2n) is 5.64. The minimum atomic E-state index is -4.30. The van der Waals surface area contributed by atoms with E-state index in [0.717, 1.165) is 25.9 Å². The first-order valence-electron chi connectivity index (χ1n) is 7.61. The van der Waals surface area contributed by atoms with Crippen LogP contribution in [0.1, 0.15) is 37.8 Å². The van der Waals surface area contributed by atoms with Gasteiger partial charge in [0.1, 0.15) is 0 Å². The molecule has 0 aliphatic carbocycles. The van der Waals surface area contributed by atoms with E-state index in [4.69, 9.17) is 0 Å². The third kappa shape index (κ3) is 3.90. The average molecular weight is 300 g/mol. The monoisotopic (exact) mass is 300 g/mol. The van der Waals surface area contributed by atoms with E-state index in [2.05, 4.69) is 12.2 Å². The normalized spacial score (nSPS) is 19.3. The highest BCUT2D eigenvalue weighted by Crippen LogP contribution is 2.39. The number of nitrogens with zero attached hydrogens (tertiary/aromatic N) is 1. The molecule has 1 aliphatic heterocycles. The smallest absolute Gasteiger partial charge is 0.371 e. The fourth-order valence-electron chi connectivity index (χ4n) is 2.85. The van der Waals surface area contributed by atoms with Crippen molar-refractivity contribution in [3.8, 4) is 0 Å². The summed E-state index contributed by atoms with van der Waals surface area (Å²) in [4.78, 5) is 1.88. The van der Waals surface area contributed by atoms with Crippen LogP contribution < -0.4 is 10.2 Å². The molecule has 0 saturated carbocycles. The van der Waals surface area contributed by atoms with Gasteiger partial charge in [0.05, 0.1) is 5.56 Å². The molecule has 1 heterocycles. The van der Waals surface area contributed by atoms with Gasteiger partial charge in [-0.2, -0.15) is 13.2 Å². The predicted molar refractivity (Wildman–Crippen MR) is 79.4 cm³/mol. The van der Waals surface area contributed by atoms with Crippen LogP contribution in [0, 0.1) is 5.92 Å². The highest BCUT2D eigenvalue weighted by Gasteiger charge is 2.36. The summed E-state index contributed by atoms with van der Waals surface area (Å²) in [5.74, 6) is 0.507. The highest BCUT2D eigenvalue weighted by atomic mass is 19.4. The van der Waals surface area contributed by atoms with Gasteiger partial charge in [-0.3, -0.25) is 0 Å². The lowest BCUT2D eigenvalue weighted by atomic mass is 10.1. The molecule has 1 aromatic rings. The number of rotatable bonds is 5. The lowest BCUT2D eigenvalue weighted by molar-refractivity contribution is -0.137. The minimum absolute atomic E-state index is 0.332. The van der Waals surface area contributed by atoms with E-state index in [1.165, 1.54) is 6.07 Å². The molecule has 1 saturated heterocycles. The Bertz CT molecular complexity index is 471. The lowest BCUT2D eigenvalue weighted by Crippen LogP contribution is -2.24. The summed E-state index contributed by atoms with van der Waals surface area (Å²) in [5.41, 5.74) is 0.507. The Morgan fingerprint density at radius 2 is 2.05 bits per heavy atom. The van der Waals surface area contributed by atoms with Crippen molar-refractivity contribution in [1.82, 2.24) is 5.32 Å². The first-order chi connectivity index (χ1) is 9.95. The van der Waals surface area contributed by atoms with E-state index in [1.807, 2.05) is 11.8 Å². The first kappa shape index (κ1) is 16.1. The third-order valence-corrected chi connectivity index (χ3v) is 4.15. The molecule has 1 aliphatic rings. The van der Waals surface area contributed by atoms with Gasteiger partial charge in [0.2, 0.25) is 0 Å². The number of benzene rings is 1. The quantitative estimate of drug-likeness (QED) is 0.882. The number of hydrogen-bond donors (Lipinski definition) is 1. The van der Waals surface area contributed by atoms with Crippen molar-refractivity contribution in [3.63, 3.8) is 0 Å². The summed E-state index contributed by atoms with van der Waals surface area (Å²) in [6.07, 6.45) is -2.30. The van der Waals surface area contributed by atoms with Gasteiger partial charge < -0.3 is 10.2 Å². The third-order valence-electron chi connectivity index (χ3n) is 4.15. The van der Waals surface area contributed by atoms with E-state index in [9.17, 15) is 13.2 Å². The summed E-state index contributed by atoms with van der Waals surface area (Å²) in [6.45, 7) is 6.69. The van der Waals surface area contributed by atoms with Crippen LogP contribution in [-0.4, -0.2) is 19.6 Å². The molecule has 0 amide bonds. The van der Waals surface area contributed by atoms with Gasteiger partial charge in [-0.1, -0.05) is 26.3 Å². The summed E-state index contributed by atoms with van der Waals surface area (Å²) in [5, 5.41) is 3.07. The first-order valence-corrected chi connectivity index (χ1v) is 7.61. The van der Waals surface area contributed by atoms with E-state index < -0.39 is 11.7 Å². The molecule has 0 bridgehead atoms. The van der Waals surface area contributed by atoms with Gasteiger partial charge in [0.15, 0.2) is 0 Å². The number of alkyl halides is 3. The maximum absolute atomic E-state index is 13.3. The Morgan fingerprint density at radius 3 is 2.62 bits per heavy atom. The molecule has 0 radical (unpaired) electrons. The van der Waals surface area contributed by atoms with Gasteiger partial charge >= 0.3 is 6.18 Å². The van der Waals surface area contributed by atoms with Gasteiger partial charge in [-0.15, -0.1) is 0 Å². The number of halogens is 3. The van der Waals surface area contributed by atoms with Crippen molar-refractivity contribution in [1.29, 1.82) is 0 Å². The van der Waals surface area contributed by atoms with E-state index in [-0.39, 0.29) is 0 Å². The molecule has 1 atom stereocenters. The molecule has 118 valence electrons. The molecule has 21 heavy (non-hydrogen) atoms. The predicted octanol–water partition coefficient (Wildman–Crippen LogP) is 4.05. The van der Waals surface area contributed by atoms with E-state index in [1.54, 1.807) is 12.1 Å². The van der Waals surface area contributed by atoms with Crippen molar-refractivity contribution >= 4 is 5.69 Å². The van der Waals surface area contributed by atoms with Crippen LogP contribution in [0.2, 0.25) is 0 Å². The van der Waals surface area contributed by atoms with Gasteiger partial charge in [-0.25, -0.2) is 0 Å². The summed E-state index contributed by atoms with van der Waals surface area (Å²) in [7, 11) is 0. The van der Waals surface area contributed by atoms with Crippen molar-refractivity contribution in [2.45, 2.75) is 39.4 Å². The topological polar surface area (TPSA) is 15.3 Å². The zero-order valence-electron chi connectivity index (χ0n) is 12.6. The fraction of sp³-hybridized carbons (Fsp3) is 0.625. The van der Waals surface area contributed by atoms with Crippen LogP contribution >= 0.6 is 0 Å². The van der Waals surface area contributed by atoms with Crippen molar-refractivity contribution in [2.75, 3.05) is 24.5 Å². The van der Waals surface area contributed by atoms with Crippen LogP contribution in [0.4, 0.5) is 18.9 Å². The second-order valence-corrected chi connectivity index (χ2v) is 5.64. The molecule has 1 aromatic carbocycles. The largest absolute Gasteiger partial charge is 0.418 e. The average Bonchev–Trinajstić information content (AvgIpc) is 2.92. The molecule has 2 nitrogen and oxygen atoms in total. The number of nitrogens with one attached hydrogen (secondary N) is 1. The molecule has 0 spiro atoms. The van der Waals surface area contributed by atoms with E-state index in [0.29, 0.717) is 30.3 Å². The summed E-state index contributed by atoms with van der Waals surface area (Å²) >= 11 is 0. The van der Waals surface area contributed by atoms with Crippen molar-refractivity contribution in [2.24, 2.45) is 5.92 Å². The van der Waals surface area contributed by atoms with Crippen LogP contribution in [0.5, 0.6) is 0 Å². The second kappa shape index (κ2) is 6.69. The number of hydrogen-bond acceptors (Lipinski definition) is 2. The van der Waals surface area contributed by atoms with Gasteiger partial charge in [-0.05, 0) is 36.6 Å². The van der Waals surface area contributed by atoms with Gasteiger partial charge in [0, 0.05) is 25.3 Å². The van der Waals surface area contributed by atoms with Crippen LogP contribution in [0.3, 0.4) is 0 Å². The Kier molecular flexibility index (Phi) is 5.14. The van der Waals surface area contributed by atoms with E-state index >= 15 is 0 Å². The molecule has 2 rings (SSSR count). The highest BCUT2D eigenvalue weighted by molar-refractivity contribution is 5.57. The molecule has 0 aromatic heterocycles. The molecule has 1 fully saturated rings. The lowest BCUT2D eigenvalue weighted by Gasteiger charge is -2.24. The van der Waals surface area contributed by atoms with Gasteiger partial charge in [0.25, 0.3) is 0 Å². The van der Waals surface area contributed by atoms with Crippen molar-refractivity contribution in [3.05, 3.63) is 29.3 Å². The summed E-state index contributed by atoms with van der Waals surface area (Å²) in [6, 6.07) is 4.72. The Balaban J connectivity index is 2.28. The van der Waals surface area contributed by atoms with Crippen LogP contribution in [0.25, 0.3) is 0 Å². The molecular weight excluding hydrogens is 277 g/mol. The molecule has 5 heteroatoms. The maximum Gasteiger partial charge on any atom is 0.418 e. The zero-order valence-corrected chi connectivity index (χ0v) is 12.6. The Morgan fingerprint density at radius 1 is 1.29 bits per heavy atom. The molecular formula is C16H23F3N2. The van der Waals surface area contributed by atoms with Crippen LogP contribution in [-0.2, 0) is 12.7 Å². The van der Waals surface area contributed by atoms with Crippen LogP contribution in [0.15, 0.2) is 18.2 Å². The Hall–Kier alpha value is -1.23. The Labute approximate surface area is 124 Å². The SMILES string of the molecule is CCNCc1ccc(N2CCC(CC)C2)c(C(F)(F)F)c1. The number of anilines is 1. The maximum atomic E-state index is 13.3.